The molecule has 48 heavy (non-hydrogen) atoms. The molecule has 4 aromatic carbocycles. The van der Waals surface area contributed by atoms with E-state index < -0.39 is 53.2 Å². The van der Waals surface area contributed by atoms with Crippen LogP contribution in [-0.4, -0.2) is 22.9 Å². The van der Waals surface area contributed by atoms with Crippen LogP contribution in [0.3, 0.4) is 0 Å². The highest BCUT2D eigenvalue weighted by Crippen LogP contribution is 2.48. The maximum Gasteiger partial charge on any atom is 0.416 e. The van der Waals surface area contributed by atoms with Gasteiger partial charge in [-0.15, -0.1) is 0 Å². The van der Waals surface area contributed by atoms with Crippen molar-refractivity contribution in [1.29, 1.82) is 0 Å². The van der Waals surface area contributed by atoms with Crippen molar-refractivity contribution in [3.8, 4) is 0 Å². The second-order valence-corrected chi connectivity index (χ2v) is 11.7. The lowest BCUT2D eigenvalue weighted by atomic mass is 9.84. The van der Waals surface area contributed by atoms with Crippen LogP contribution in [0, 0.1) is 11.6 Å². The molecule has 5 aromatic rings. The van der Waals surface area contributed by atoms with Gasteiger partial charge in [-0.05, 0) is 60.2 Å². The predicted molar refractivity (Wildman–Crippen MR) is 160 cm³/mol. The summed E-state index contributed by atoms with van der Waals surface area (Å²) < 4.78 is 119. The van der Waals surface area contributed by atoms with Crippen molar-refractivity contribution < 1.29 is 44.7 Å². The molecule has 0 radical (unpaired) electrons. The number of esters is 1. The number of methoxy groups -OCH3 is 1. The Balaban J connectivity index is 1.63. The average Bonchev–Trinajstić information content (AvgIpc) is 3.54. The Morgan fingerprint density at radius 1 is 0.854 bits per heavy atom. The van der Waals surface area contributed by atoms with Crippen LogP contribution in [0.4, 0.5) is 40.8 Å². The molecule has 0 bridgehead atoms. The second-order valence-electron chi connectivity index (χ2n) is 10.9. The van der Waals surface area contributed by atoms with Crippen LogP contribution in [0.2, 0.25) is 10.0 Å². The molecule has 0 aliphatic carbocycles. The second kappa shape index (κ2) is 11.9. The van der Waals surface area contributed by atoms with Gasteiger partial charge in [0.2, 0.25) is 5.54 Å². The molecule has 0 fully saturated rings. The summed E-state index contributed by atoms with van der Waals surface area (Å²) in [7, 11) is 0.975. The van der Waals surface area contributed by atoms with Gasteiger partial charge >= 0.3 is 18.3 Å². The fourth-order valence-electron chi connectivity index (χ4n) is 5.66. The van der Waals surface area contributed by atoms with Gasteiger partial charge in [0, 0.05) is 26.6 Å². The third-order valence-corrected chi connectivity index (χ3v) is 8.51. The number of hydrogen-bond acceptors (Lipinski definition) is 5. The number of carbonyl (C=O) groups excluding carboxylic acids is 1. The number of anilines is 1. The number of halogens is 10. The van der Waals surface area contributed by atoms with E-state index in [-0.39, 0.29) is 50.0 Å². The Labute approximate surface area is 276 Å². The van der Waals surface area contributed by atoms with Gasteiger partial charge in [0.1, 0.15) is 17.3 Å². The summed E-state index contributed by atoms with van der Waals surface area (Å²) in [5.74, 6) is -2.62. The van der Waals surface area contributed by atoms with Crippen LogP contribution < -0.4 is 10.4 Å². The minimum absolute atomic E-state index is 0.0276. The third-order valence-electron chi connectivity index (χ3n) is 7.93. The van der Waals surface area contributed by atoms with E-state index >= 15 is 0 Å². The van der Waals surface area contributed by atoms with Gasteiger partial charge in [-0.1, -0.05) is 41.4 Å². The van der Waals surface area contributed by atoms with E-state index in [1.165, 1.54) is 23.2 Å². The molecule has 16 heteroatoms. The van der Waals surface area contributed by atoms with Crippen molar-refractivity contribution >= 4 is 45.8 Å². The maximum absolute atomic E-state index is 14.9. The van der Waals surface area contributed by atoms with Crippen molar-refractivity contribution in [2.45, 2.75) is 31.0 Å². The smallest absolute Gasteiger partial charge is 0.416 e. The van der Waals surface area contributed by atoms with E-state index in [9.17, 15) is 39.9 Å². The van der Waals surface area contributed by atoms with Gasteiger partial charge in [-0.25, -0.2) is 19.0 Å². The predicted octanol–water partition coefficient (Wildman–Crippen LogP) is 8.65. The van der Waals surface area contributed by atoms with Crippen LogP contribution in [0.25, 0.3) is 10.9 Å². The molecule has 1 aliphatic rings. The molecule has 6 rings (SSSR count). The number of benzene rings is 4. The first-order chi connectivity index (χ1) is 22.5. The summed E-state index contributed by atoms with van der Waals surface area (Å²) in [6, 6.07) is 12.2. The van der Waals surface area contributed by atoms with Gasteiger partial charge in [-0.3, -0.25) is 4.68 Å². The SMILES string of the molecule is COC(=O)C1(c2nn(Cc3ccc(Cl)cc3F)c3cc(C(F)(F)F)ccc23)NN(Cc2ccc(F)cc2Cl)c2ccc(C(F)(F)F)cc21. The first-order valence-corrected chi connectivity index (χ1v) is 14.6. The first kappa shape index (κ1) is 33.5. The van der Waals surface area contributed by atoms with Crippen molar-refractivity contribution in [1.82, 2.24) is 15.2 Å². The lowest BCUT2D eigenvalue weighted by molar-refractivity contribution is -0.147. The van der Waals surface area contributed by atoms with Crippen LogP contribution in [0.15, 0.2) is 72.8 Å². The van der Waals surface area contributed by atoms with Crippen molar-refractivity contribution in [2.24, 2.45) is 0 Å². The lowest BCUT2D eigenvalue weighted by Gasteiger charge is -2.28. The highest BCUT2D eigenvalue weighted by Gasteiger charge is 2.55. The number of hydrazine groups is 1. The fourth-order valence-corrected chi connectivity index (χ4v) is 6.05. The lowest BCUT2D eigenvalue weighted by Crippen LogP contribution is -2.53. The van der Waals surface area contributed by atoms with E-state index in [0.29, 0.717) is 11.6 Å². The molecule has 1 aromatic heterocycles. The Hall–Kier alpha value is -4.40. The average molecular weight is 715 g/mol. The monoisotopic (exact) mass is 714 g/mol. The molecule has 1 aliphatic heterocycles. The number of hydrogen-bond donors (Lipinski definition) is 1. The fraction of sp³-hybridized carbons (Fsp3) is 0.188. The summed E-state index contributed by atoms with van der Waals surface area (Å²) >= 11 is 12.1. The van der Waals surface area contributed by atoms with Gasteiger partial charge in [-0.2, -0.15) is 31.4 Å². The van der Waals surface area contributed by atoms with Crippen LogP contribution in [-0.2, 0) is 40.5 Å². The molecule has 0 spiro atoms. The number of rotatable bonds is 6. The third kappa shape index (κ3) is 5.81. The number of nitrogens with one attached hydrogen (secondary N) is 1. The van der Waals surface area contributed by atoms with Crippen molar-refractivity contribution in [3.05, 3.63) is 128 Å². The number of fused-ring (bicyclic) bond motifs is 2. The molecule has 2 heterocycles. The molecule has 0 saturated heterocycles. The van der Waals surface area contributed by atoms with E-state index in [2.05, 4.69) is 10.5 Å². The van der Waals surface area contributed by atoms with Crippen LogP contribution >= 0.6 is 23.2 Å². The van der Waals surface area contributed by atoms with Gasteiger partial charge in [0.15, 0.2) is 0 Å². The number of ether oxygens (including phenoxy) is 1. The van der Waals surface area contributed by atoms with Gasteiger partial charge in [0.05, 0.1) is 42.5 Å². The molecule has 6 nitrogen and oxygen atoms in total. The zero-order chi connectivity index (χ0) is 34.8. The highest BCUT2D eigenvalue weighted by molar-refractivity contribution is 6.31. The molecule has 1 atom stereocenters. The van der Waals surface area contributed by atoms with E-state index in [1.807, 2.05) is 0 Å². The molecule has 1 N–H and O–H groups in total. The summed E-state index contributed by atoms with van der Waals surface area (Å²) in [6.07, 6.45) is -9.69. The quantitative estimate of drug-likeness (QED) is 0.141. The summed E-state index contributed by atoms with van der Waals surface area (Å²) in [5.41, 5.74) is -2.29. The normalized spacial score (nSPS) is 16.4. The number of carbonyl (C=O) groups is 1. The van der Waals surface area contributed by atoms with Crippen LogP contribution in [0.5, 0.6) is 0 Å². The molecule has 0 saturated carbocycles. The van der Waals surface area contributed by atoms with E-state index in [1.54, 1.807) is 0 Å². The molecular formula is C32H20Cl2F8N4O2. The molecule has 0 amide bonds. The Kier molecular flexibility index (Phi) is 8.33. The summed E-state index contributed by atoms with van der Waals surface area (Å²) in [4.78, 5) is 13.9. The highest BCUT2D eigenvalue weighted by atomic mass is 35.5. The zero-order valence-corrected chi connectivity index (χ0v) is 25.8. The maximum atomic E-state index is 14.9. The standard InChI is InChI=1S/C32H20Cl2F8N4O2/c1-48-29(47)30(23-10-18(31(37,38)39)5-9-26(23)46(44-30)14-16-3-7-21(35)13-24(16)34)28-22-8-4-19(32(40,41)42)11-27(22)45(43-28)15-17-2-6-20(33)12-25(17)36/h2-13,44H,14-15H2,1H3. The van der Waals surface area contributed by atoms with E-state index in [0.717, 1.165) is 60.3 Å². The number of nitrogens with zero attached hydrogens (tertiary/aromatic N) is 3. The van der Waals surface area contributed by atoms with Crippen molar-refractivity contribution in [2.75, 3.05) is 12.1 Å². The topological polar surface area (TPSA) is 59.4 Å². The molecule has 250 valence electrons. The van der Waals surface area contributed by atoms with E-state index in [4.69, 9.17) is 27.9 Å². The largest absolute Gasteiger partial charge is 0.467 e. The van der Waals surface area contributed by atoms with Crippen LogP contribution in [0.1, 0.15) is 33.5 Å². The minimum Gasteiger partial charge on any atom is -0.467 e. The summed E-state index contributed by atoms with van der Waals surface area (Å²) in [5, 5.41) is 5.68. The Bertz CT molecular complexity index is 2080. The minimum atomic E-state index is -4.88. The van der Waals surface area contributed by atoms with Crippen molar-refractivity contribution in [3.63, 3.8) is 0 Å². The summed E-state index contributed by atoms with van der Waals surface area (Å²) in [6.45, 7) is -0.675. The Morgan fingerprint density at radius 3 is 2.17 bits per heavy atom. The van der Waals surface area contributed by atoms with Gasteiger partial charge < -0.3 is 9.75 Å². The first-order valence-electron chi connectivity index (χ1n) is 13.8. The number of aromatic nitrogens is 2. The molecular weight excluding hydrogens is 695 g/mol. The Morgan fingerprint density at radius 2 is 1.52 bits per heavy atom. The molecule has 1 unspecified atom stereocenters. The zero-order valence-electron chi connectivity index (χ0n) is 24.3. The van der Waals surface area contributed by atoms with Gasteiger partial charge in [0.25, 0.3) is 0 Å². The number of alkyl halides is 6.